The fraction of sp³-hybridized carbons (Fsp3) is 0.308. The van der Waals surface area contributed by atoms with Crippen molar-refractivity contribution in [1.29, 1.82) is 0 Å². The average molecular weight is 259 g/mol. The van der Waals surface area contributed by atoms with Crippen LogP contribution in [-0.2, 0) is 24.9 Å². The van der Waals surface area contributed by atoms with E-state index in [1.165, 1.54) is 6.92 Å². The second-order valence-electron chi connectivity index (χ2n) is 4.32. The number of nitrogens with zero attached hydrogens (tertiary/aromatic N) is 3. The standard InChI is InChI=1S/C13H17N5O/c1-10(19)16-12-5-3-11(4-6-12)7-14-8-13-15-9-18(2)17-13/h3-6,9,14H,7-8H2,1-2H3,(H,16,19). The molecule has 6 nitrogen and oxygen atoms in total. The smallest absolute Gasteiger partial charge is 0.221 e. The van der Waals surface area contributed by atoms with Crippen molar-refractivity contribution in [1.82, 2.24) is 20.1 Å². The Labute approximate surface area is 111 Å². The van der Waals surface area contributed by atoms with Crippen molar-refractivity contribution >= 4 is 11.6 Å². The molecule has 0 bridgehead atoms. The first kappa shape index (κ1) is 13.2. The quantitative estimate of drug-likeness (QED) is 0.842. The number of anilines is 1. The van der Waals surface area contributed by atoms with E-state index in [9.17, 15) is 4.79 Å². The monoisotopic (exact) mass is 259 g/mol. The van der Waals surface area contributed by atoms with Crippen LogP contribution in [0.15, 0.2) is 30.6 Å². The van der Waals surface area contributed by atoms with Crippen LogP contribution in [0.4, 0.5) is 5.69 Å². The van der Waals surface area contributed by atoms with Crippen molar-refractivity contribution in [2.24, 2.45) is 7.05 Å². The highest BCUT2D eigenvalue weighted by Crippen LogP contribution is 2.09. The van der Waals surface area contributed by atoms with Crippen molar-refractivity contribution in [3.63, 3.8) is 0 Å². The van der Waals surface area contributed by atoms with Crippen LogP contribution >= 0.6 is 0 Å². The van der Waals surface area contributed by atoms with Gasteiger partial charge in [-0.1, -0.05) is 12.1 Å². The van der Waals surface area contributed by atoms with E-state index in [4.69, 9.17) is 0 Å². The molecule has 0 aliphatic carbocycles. The summed E-state index contributed by atoms with van der Waals surface area (Å²) < 4.78 is 1.68. The highest BCUT2D eigenvalue weighted by atomic mass is 16.1. The molecule has 100 valence electrons. The molecule has 0 aliphatic rings. The third-order valence-corrected chi connectivity index (χ3v) is 2.53. The number of nitrogens with one attached hydrogen (secondary N) is 2. The summed E-state index contributed by atoms with van der Waals surface area (Å²) in [6, 6.07) is 7.73. The lowest BCUT2D eigenvalue weighted by Gasteiger charge is -2.05. The Kier molecular flexibility index (Phi) is 4.25. The highest BCUT2D eigenvalue weighted by molar-refractivity contribution is 5.88. The Morgan fingerprint density at radius 2 is 2.00 bits per heavy atom. The normalized spacial score (nSPS) is 10.4. The van der Waals surface area contributed by atoms with Crippen LogP contribution in [0.3, 0.4) is 0 Å². The van der Waals surface area contributed by atoms with Gasteiger partial charge in [-0.15, -0.1) is 0 Å². The zero-order chi connectivity index (χ0) is 13.7. The maximum absolute atomic E-state index is 10.9. The van der Waals surface area contributed by atoms with Gasteiger partial charge in [0.05, 0.1) is 6.54 Å². The minimum absolute atomic E-state index is 0.0629. The van der Waals surface area contributed by atoms with Gasteiger partial charge in [0.25, 0.3) is 0 Å². The molecule has 0 atom stereocenters. The molecule has 2 aromatic rings. The lowest BCUT2D eigenvalue weighted by Crippen LogP contribution is -2.14. The summed E-state index contributed by atoms with van der Waals surface area (Å²) in [7, 11) is 1.84. The Balaban J connectivity index is 1.81. The predicted octanol–water partition coefficient (Wildman–Crippen LogP) is 1.06. The van der Waals surface area contributed by atoms with Crippen LogP contribution in [-0.4, -0.2) is 20.7 Å². The van der Waals surface area contributed by atoms with Crippen molar-refractivity contribution < 1.29 is 4.79 Å². The van der Waals surface area contributed by atoms with Gasteiger partial charge in [0.1, 0.15) is 6.33 Å². The van der Waals surface area contributed by atoms with Gasteiger partial charge in [-0.05, 0) is 17.7 Å². The van der Waals surface area contributed by atoms with Crippen molar-refractivity contribution in [2.45, 2.75) is 20.0 Å². The summed E-state index contributed by atoms with van der Waals surface area (Å²) in [5.41, 5.74) is 1.95. The van der Waals surface area contributed by atoms with Gasteiger partial charge in [-0.25, -0.2) is 4.98 Å². The molecule has 0 unspecified atom stereocenters. The third kappa shape index (κ3) is 4.18. The summed E-state index contributed by atoms with van der Waals surface area (Å²) >= 11 is 0. The SMILES string of the molecule is CC(=O)Nc1ccc(CNCc2ncn(C)n2)cc1. The van der Waals surface area contributed by atoms with E-state index in [2.05, 4.69) is 20.7 Å². The zero-order valence-electron chi connectivity index (χ0n) is 11.1. The number of carbonyl (C=O) groups excluding carboxylic acids is 1. The van der Waals surface area contributed by atoms with Crippen LogP contribution in [0.1, 0.15) is 18.3 Å². The number of aromatic nitrogens is 3. The minimum Gasteiger partial charge on any atom is -0.326 e. The minimum atomic E-state index is -0.0629. The summed E-state index contributed by atoms with van der Waals surface area (Å²) in [6.07, 6.45) is 1.68. The summed E-state index contributed by atoms with van der Waals surface area (Å²) in [5.74, 6) is 0.712. The van der Waals surface area contributed by atoms with Crippen LogP contribution in [0.2, 0.25) is 0 Å². The number of hydrogen-bond acceptors (Lipinski definition) is 4. The second-order valence-corrected chi connectivity index (χ2v) is 4.32. The topological polar surface area (TPSA) is 71.8 Å². The first-order valence-corrected chi connectivity index (χ1v) is 6.05. The molecule has 0 radical (unpaired) electrons. The number of hydrogen-bond donors (Lipinski definition) is 2. The molecule has 1 aromatic heterocycles. The van der Waals surface area contributed by atoms with Crippen molar-refractivity contribution in [3.05, 3.63) is 42.0 Å². The molecule has 0 spiro atoms. The van der Waals surface area contributed by atoms with E-state index in [-0.39, 0.29) is 5.91 Å². The number of benzene rings is 1. The van der Waals surface area contributed by atoms with Gasteiger partial charge >= 0.3 is 0 Å². The number of rotatable bonds is 5. The van der Waals surface area contributed by atoms with E-state index >= 15 is 0 Å². The zero-order valence-corrected chi connectivity index (χ0v) is 11.1. The molecule has 0 fully saturated rings. The van der Waals surface area contributed by atoms with Gasteiger partial charge < -0.3 is 10.6 Å². The molecule has 1 heterocycles. The number of carbonyl (C=O) groups is 1. The fourth-order valence-corrected chi connectivity index (χ4v) is 1.69. The molecule has 1 aromatic carbocycles. The molecule has 1 amide bonds. The molecule has 0 saturated carbocycles. The van der Waals surface area contributed by atoms with Gasteiger partial charge in [0.2, 0.25) is 5.91 Å². The largest absolute Gasteiger partial charge is 0.326 e. The Morgan fingerprint density at radius 1 is 1.26 bits per heavy atom. The van der Waals surface area contributed by atoms with Gasteiger partial charge in [-0.3, -0.25) is 9.48 Å². The van der Waals surface area contributed by atoms with E-state index in [1.54, 1.807) is 11.0 Å². The molecule has 2 N–H and O–H groups in total. The molecule has 0 aliphatic heterocycles. The molecule has 19 heavy (non-hydrogen) atoms. The van der Waals surface area contributed by atoms with E-state index in [1.807, 2.05) is 31.3 Å². The number of aryl methyl sites for hydroxylation is 1. The van der Waals surface area contributed by atoms with E-state index in [0.717, 1.165) is 23.6 Å². The number of amides is 1. The maximum Gasteiger partial charge on any atom is 0.221 e. The molecule has 0 saturated heterocycles. The van der Waals surface area contributed by atoms with Gasteiger partial charge in [-0.2, -0.15) is 5.10 Å². The van der Waals surface area contributed by atoms with E-state index < -0.39 is 0 Å². The van der Waals surface area contributed by atoms with Gasteiger partial charge in [0, 0.05) is 26.2 Å². The van der Waals surface area contributed by atoms with Gasteiger partial charge in [0.15, 0.2) is 5.82 Å². The Bertz CT molecular complexity index is 546. The Morgan fingerprint density at radius 3 is 2.58 bits per heavy atom. The van der Waals surface area contributed by atoms with Crippen molar-refractivity contribution in [2.75, 3.05) is 5.32 Å². The van der Waals surface area contributed by atoms with Crippen LogP contribution in [0.5, 0.6) is 0 Å². The highest BCUT2D eigenvalue weighted by Gasteiger charge is 1.99. The Hall–Kier alpha value is -2.21. The first-order valence-electron chi connectivity index (χ1n) is 6.05. The molecular weight excluding hydrogens is 242 g/mol. The lowest BCUT2D eigenvalue weighted by molar-refractivity contribution is -0.114. The summed E-state index contributed by atoms with van der Waals surface area (Å²) in [6.45, 7) is 2.86. The fourth-order valence-electron chi connectivity index (χ4n) is 1.69. The van der Waals surface area contributed by atoms with E-state index in [0.29, 0.717) is 6.54 Å². The average Bonchev–Trinajstić information content (AvgIpc) is 2.77. The predicted molar refractivity (Wildman–Crippen MR) is 72.3 cm³/mol. The summed E-state index contributed by atoms with van der Waals surface area (Å²) in [4.78, 5) is 15.0. The van der Waals surface area contributed by atoms with Crippen LogP contribution in [0.25, 0.3) is 0 Å². The van der Waals surface area contributed by atoms with Crippen LogP contribution < -0.4 is 10.6 Å². The molecule has 2 rings (SSSR count). The first-order chi connectivity index (χ1) is 9.13. The van der Waals surface area contributed by atoms with Crippen molar-refractivity contribution in [3.8, 4) is 0 Å². The third-order valence-electron chi connectivity index (χ3n) is 2.53. The second kappa shape index (κ2) is 6.10. The lowest BCUT2D eigenvalue weighted by atomic mass is 10.2. The summed E-state index contributed by atoms with van der Waals surface area (Å²) in [5, 5.41) is 10.2. The van der Waals surface area contributed by atoms with Crippen LogP contribution in [0, 0.1) is 0 Å². The molecule has 6 heteroatoms. The maximum atomic E-state index is 10.9. The molecular formula is C13H17N5O.